The van der Waals surface area contributed by atoms with E-state index in [1.165, 1.54) is 16.2 Å². The van der Waals surface area contributed by atoms with Gasteiger partial charge < -0.3 is 19.5 Å². The van der Waals surface area contributed by atoms with Crippen molar-refractivity contribution in [2.24, 2.45) is 0 Å². The van der Waals surface area contributed by atoms with E-state index in [4.69, 9.17) is 9.47 Å². The van der Waals surface area contributed by atoms with Gasteiger partial charge in [0.15, 0.2) is 5.76 Å². The minimum absolute atomic E-state index is 0.0660. The third-order valence-electron chi connectivity index (χ3n) is 4.92. The Morgan fingerprint density at radius 3 is 2.67 bits per heavy atom. The molecule has 0 fully saturated rings. The Hall–Kier alpha value is -2.71. The Balaban J connectivity index is 2.11. The Morgan fingerprint density at radius 2 is 2.03 bits per heavy atom. The highest BCUT2D eigenvalue weighted by Gasteiger charge is 2.45. The van der Waals surface area contributed by atoms with Crippen LogP contribution in [-0.2, 0) is 9.53 Å². The predicted octanol–water partition coefficient (Wildman–Crippen LogP) is 3.77. The highest BCUT2D eigenvalue weighted by Crippen LogP contribution is 2.43. The van der Waals surface area contributed by atoms with Gasteiger partial charge in [0.25, 0.3) is 5.91 Å². The van der Waals surface area contributed by atoms with Crippen molar-refractivity contribution in [3.63, 3.8) is 0 Å². The molecule has 1 amide bonds. The summed E-state index contributed by atoms with van der Waals surface area (Å²) in [5.74, 6) is -0.884. The SMILES string of the molecule is CCOc1ccccc1C1C(C(=O)c2sc(C)nc2C)=C(O)C(=O)N1CCCOC. The van der Waals surface area contributed by atoms with Crippen molar-refractivity contribution >= 4 is 23.0 Å². The third-order valence-corrected chi connectivity index (χ3v) is 5.99. The number of ether oxygens (including phenoxy) is 2. The van der Waals surface area contributed by atoms with Crippen molar-refractivity contribution in [3.8, 4) is 5.75 Å². The maximum atomic E-state index is 13.5. The number of aromatic nitrogens is 1. The number of ketones is 1. The number of rotatable bonds is 9. The molecule has 1 aliphatic rings. The molecule has 8 heteroatoms. The summed E-state index contributed by atoms with van der Waals surface area (Å²) in [6.07, 6.45) is 0.572. The average Bonchev–Trinajstić information content (AvgIpc) is 3.19. The summed E-state index contributed by atoms with van der Waals surface area (Å²) in [6, 6.07) is 6.54. The Kier molecular flexibility index (Phi) is 6.89. The van der Waals surface area contributed by atoms with Crippen LogP contribution in [0.25, 0.3) is 0 Å². The topological polar surface area (TPSA) is 89.0 Å². The fraction of sp³-hybridized carbons (Fsp3) is 0.409. The molecule has 2 heterocycles. The number of amides is 1. The zero-order valence-electron chi connectivity index (χ0n) is 17.6. The number of para-hydroxylation sites is 1. The molecule has 1 aromatic heterocycles. The summed E-state index contributed by atoms with van der Waals surface area (Å²) in [5, 5.41) is 11.5. The number of hydrogen-bond acceptors (Lipinski definition) is 7. The van der Waals surface area contributed by atoms with Crippen LogP contribution in [0.2, 0.25) is 0 Å². The van der Waals surface area contributed by atoms with Crippen LogP contribution < -0.4 is 4.74 Å². The molecule has 7 nitrogen and oxygen atoms in total. The lowest BCUT2D eigenvalue weighted by atomic mass is 9.94. The Bertz CT molecular complexity index is 982. The normalized spacial score (nSPS) is 16.5. The monoisotopic (exact) mass is 430 g/mol. The first kappa shape index (κ1) is 22.0. The van der Waals surface area contributed by atoms with Crippen LogP contribution >= 0.6 is 11.3 Å². The molecule has 1 atom stereocenters. The fourth-order valence-electron chi connectivity index (χ4n) is 3.68. The number of Topliss-reactive ketones (excluding diaryl/α,β-unsaturated/α-hetero) is 1. The molecule has 0 saturated carbocycles. The van der Waals surface area contributed by atoms with Gasteiger partial charge >= 0.3 is 0 Å². The quantitative estimate of drug-likeness (QED) is 0.481. The summed E-state index contributed by atoms with van der Waals surface area (Å²) >= 11 is 1.26. The molecule has 0 bridgehead atoms. The molecule has 30 heavy (non-hydrogen) atoms. The number of methoxy groups -OCH3 is 1. The van der Waals surface area contributed by atoms with E-state index in [9.17, 15) is 14.7 Å². The summed E-state index contributed by atoms with van der Waals surface area (Å²) in [6.45, 7) is 6.68. The zero-order chi connectivity index (χ0) is 21.8. The number of thiazole rings is 1. The number of nitrogens with zero attached hydrogens (tertiary/aromatic N) is 2. The first-order valence-corrected chi connectivity index (χ1v) is 10.7. The molecular formula is C22H26N2O5S. The van der Waals surface area contributed by atoms with Gasteiger partial charge in [0.2, 0.25) is 5.78 Å². The summed E-state index contributed by atoms with van der Waals surface area (Å²) in [4.78, 5) is 32.7. The number of aliphatic hydroxyl groups is 1. The number of aliphatic hydroxyl groups excluding tert-OH is 1. The third kappa shape index (κ3) is 4.11. The largest absolute Gasteiger partial charge is 0.503 e. The van der Waals surface area contributed by atoms with Crippen LogP contribution in [0.4, 0.5) is 0 Å². The molecule has 1 unspecified atom stereocenters. The molecule has 1 aliphatic heterocycles. The lowest BCUT2D eigenvalue weighted by Gasteiger charge is -2.28. The van der Waals surface area contributed by atoms with E-state index >= 15 is 0 Å². The lowest BCUT2D eigenvalue weighted by Crippen LogP contribution is -2.33. The van der Waals surface area contributed by atoms with Crippen molar-refractivity contribution in [1.29, 1.82) is 0 Å². The molecule has 0 spiro atoms. The second-order valence-electron chi connectivity index (χ2n) is 6.96. The summed E-state index contributed by atoms with van der Waals surface area (Å²) in [7, 11) is 1.59. The van der Waals surface area contributed by atoms with Crippen molar-refractivity contribution in [2.75, 3.05) is 26.9 Å². The van der Waals surface area contributed by atoms with Crippen molar-refractivity contribution < 1.29 is 24.2 Å². The van der Waals surface area contributed by atoms with Gasteiger partial charge in [-0.05, 0) is 33.3 Å². The molecule has 3 rings (SSSR count). The predicted molar refractivity (Wildman–Crippen MR) is 114 cm³/mol. The Labute approximate surface area is 180 Å². The minimum Gasteiger partial charge on any atom is -0.503 e. The standard InChI is InChI=1S/C22H26N2O5S/c1-5-29-16-10-7-6-9-15(16)18-17(19(25)21-13(2)23-14(3)30-21)20(26)22(27)24(18)11-8-12-28-4/h6-7,9-10,18,26H,5,8,11-12H2,1-4H3. The first-order chi connectivity index (χ1) is 14.4. The Morgan fingerprint density at radius 1 is 1.30 bits per heavy atom. The number of carbonyl (C=O) groups excluding carboxylic acids is 2. The van der Waals surface area contributed by atoms with E-state index in [1.807, 2.05) is 32.0 Å². The van der Waals surface area contributed by atoms with Crippen LogP contribution in [0.5, 0.6) is 5.75 Å². The van der Waals surface area contributed by atoms with Crippen LogP contribution in [0.3, 0.4) is 0 Å². The maximum Gasteiger partial charge on any atom is 0.290 e. The zero-order valence-corrected chi connectivity index (χ0v) is 18.4. The van der Waals surface area contributed by atoms with Crippen LogP contribution in [-0.4, -0.2) is 53.5 Å². The van der Waals surface area contributed by atoms with Gasteiger partial charge in [-0.2, -0.15) is 0 Å². The minimum atomic E-state index is -0.744. The molecule has 0 aliphatic carbocycles. The molecule has 1 N–H and O–H groups in total. The number of carbonyl (C=O) groups is 2. The fourth-order valence-corrected chi connectivity index (χ4v) is 4.55. The highest BCUT2D eigenvalue weighted by molar-refractivity contribution is 7.14. The first-order valence-electron chi connectivity index (χ1n) is 9.84. The van der Waals surface area contributed by atoms with E-state index in [2.05, 4.69) is 4.98 Å². The van der Waals surface area contributed by atoms with E-state index in [0.29, 0.717) is 48.1 Å². The summed E-state index contributed by atoms with van der Waals surface area (Å²) in [5.41, 5.74) is 1.32. The van der Waals surface area contributed by atoms with E-state index in [0.717, 1.165) is 5.01 Å². The van der Waals surface area contributed by atoms with E-state index in [-0.39, 0.29) is 11.4 Å². The molecular weight excluding hydrogens is 404 g/mol. The molecule has 0 saturated heterocycles. The smallest absolute Gasteiger partial charge is 0.290 e. The second-order valence-corrected chi connectivity index (χ2v) is 8.16. The van der Waals surface area contributed by atoms with Gasteiger partial charge in [-0.25, -0.2) is 4.98 Å². The van der Waals surface area contributed by atoms with E-state index in [1.54, 1.807) is 20.1 Å². The van der Waals surface area contributed by atoms with Gasteiger partial charge in [-0.3, -0.25) is 9.59 Å². The number of aryl methyl sites for hydroxylation is 2. The van der Waals surface area contributed by atoms with E-state index < -0.39 is 17.7 Å². The molecule has 1 aromatic carbocycles. The maximum absolute atomic E-state index is 13.5. The number of hydrogen-bond donors (Lipinski definition) is 1. The van der Waals surface area contributed by atoms with Gasteiger partial charge in [-0.15, -0.1) is 11.3 Å². The molecule has 0 radical (unpaired) electrons. The van der Waals surface area contributed by atoms with Gasteiger partial charge in [0.05, 0.1) is 33.8 Å². The number of benzene rings is 1. The molecule has 160 valence electrons. The second kappa shape index (κ2) is 9.40. The van der Waals surface area contributed by atoms with Crippen LogP contribution in [0.1, 0.15) is 45.3 Å². The van der Waals surface area contributed by atoms with Gasteiger partial charge in [-0.1, -0.05) is 18.2 Å². The molecule has 2 aromatic rings. The highest BCUT2D eigenvalue weighted by atomic mass is 32.1. The van der Waals surface area contributed by atoms with Crippen LogP contribution in [0.15, 0.2) is 35.6 Å². The van der Waals surface area contributed by atoms with Gasteiger partial charge in [0, 0.05) is 25.8 Å². The lowest BCUT2D eigenvalue weighted by molar-refractivity contribution is -0.129. The van der Waals surface area contributed by atoms with Crippen molar-refractivity contribution in [3.05, 3.63) is 56.7 Å². The van der Waals surface area contributed by atoms with Crippen molar-refractivity contribution in [2.45, 2.75) is 33.2 Å². The average molecular weight is 431 g/mol. The van der Waals surface area contributed by atoms with Gasteiger partial charge in [0.1, 0.15) is 5.75 Å². The van der Waals surface area contributed by atoms with Crippen LogP contribution in [0, 0.1) is 13.8 Å². The van der Waals surface area contributed by atoms with Crippen molar-refractivity contribution in [1.82, 2.24) is 9.88 Å². The summed E-state index contributed by atoms with van der Waals surface area (Å²) < 4.78 is 10.9.